The first-order chi connectivity index (χ1) is 14.5. The second kappa shape index (κ2) is 7.41. The molecule has 1 aromatic heterocycles. The lowest BCUT2D eigenvalue weighted by molar-refractivity contribution is -0.119. The maximum absolute atomic E-state index is 12.5. The van der Waals surface area contributed by atoms with Crippen LogP contribution in [0, 0.1) is 11.3 Å². The molecule has 0 saturated heterocycles. The fourth-order valence-corrected chi connectivity index (χ4v) is 5.07. The summed E-state index contributed by atoms with van der Waals surface area (Å²) in [6.07, 6.45) is 6.94. The zero-order chi connectivity index (χ0) is 20.9. The van der Waals surface area contributed by atoms with Gasteiger partial charge in [-0.25, -0.2) is 4.98 Å². The van der Waals surface area contributed by atoms with Crippen LogP contribution in [-0.2, 0) is 4.79 Å². The molecule has 6 heteroatoms. The third-order valence-electron chi connectivity index (χ3n) is 7.05. The number of nitrogens with zero attached hydrogens (tertiary/aromatic N) is 2. The molecule has 3 aliphatic rings. The van der Waals surface area contributed by atoms with E-state index in [1.165, 1.54) is 36.3 Å². The lowest BCUT2D eigenvalue weighted by Gasteiger charge is -2.25. The van der Waals surface area contributed by atoms with Crippen molar-refractivity contribution in [3.05, 3.63) is 24.3 Å². The molecule has 160 valence electrons. The fraction of sp³-hybridized carbons (Fsp3) is 0.583. The monoisotopic (exact) mass is 424 g/mol. The number of nitrogens with one attached hydrogen (secondary N) is 2. The average Bonchev–Trinajstić information content (AvgIpc) is 3.63. The van der Waals surface area contributed by atoms with Gasteiger partial charge in [0.25, 0.3) is 0 Å². The van der Waals surface area contributed by atoms with Crippen molar-refractivity contribution in [3.8, 4) is 0 Å². The van der Waals surface area contributed by atoms with Crippen molar-refractivity contribution in [2.75, 3.05) is 23.3 Å². The molecule has 5 rings (SSSR count). The number of rotatable bonds is 10. The van der Waals surface area contributed by atoms with Crippen molar-refractivity contribution in [2.24, 2.45) is 11.3 Å². The van der Waals surface area contributed by atoms with E-state index in [1.54, 1.807) is 11.9 Å². The Hall–Kier alpha value is -1.79. The highest BCUT2D eigenvalue weighted by atomic mass is 32.2. The molecule has 30 heavy (non-hydrogen) atoms. The van der Waals surface area contributed by atoms with Crippen molar-refractivity contribution < 1.29 is 4.79 Å². The summed E-state index contributed by atoms with van der Waals surface area (Å²) in [7, 11) is 0. The minimum atomic E-state index is -0.0394. The zero-order valence-electron chi connectivity index (χ0n) is 18.3. The molecule has 2 N–H and O–H groups in total. The van der Waals surface area contributed by atoms with Crippen LogP contribution < -0.4 is 14.9 Å². The van der Waals surface area contributed by atoms with Crippen LogP contribution in [0.3, 0.4) is 0 Å². The summed E-state index contributed by atoms with van der Waals surface area (Å²) < 4.78 is 3.62. The van der Waals surface area contributed by atoms with Crippen LogP contribution >= 0.6 is 11.9 Å². The maximum atomic E-state index is 12.5. The molecule has 0 aliphatic heterocycles. The SMILES string of the molecule is CCCCN(CC)c1cc(SNC2(C)CC2)cc2nc(NC(=O)C34CC3C4)ccc12. The number of hydrogen-bond donors (Lipinski definition) is 2. The summed E-state index contributed by atoms with van der Waals surface area (Å²) in [6.45, 7) is 8.74. The first-order valence-corrected chi connectivity index (χ1v) is 12.2. The molecule has 0 bridgehead atoms. The Morgan fingerprint density at radius 1 is 1.27 bits per heavy atom. The maximum Gasteiger partial charge on any atom is 0.232 e. The molecule has 0 atom stereocenters. The molecule has 3 fully saturated rings. The predicted octanol–water partition coefficient (Wildman–Crippen LogP) is 5.36. The number of carbonyl (C=O) groups excluding carboxylic acids is 1. The molecular formula is C24H32N4OS. The highest BCUT2D eigenvalue weighted by molar-refractivity contribution is 7.97. The van der Waals surface area contributed by atoms with Crippen LogP contribution in [0.25, 0.3) is 10.9 Å². The number of amides is 1. The number of anilines is 2. The Labute approximate surface area is 183 Å². The number of aromatic nitrogens is 1. The summed E-state index contributed by atoms with van der Waals surface area (Å²) in [6, 6.07) is 8.54. The number of unbranched alkanes of at least 4 members (excludes halogenated alkanes) is 1. The highest BCUT2D eigenvalue weighted by Crippen LogP contribution is 2.75. The highest BCUT2D eigenvalue weighted by Gasteiger charge is 2.74. The van der Waals surface area contributed by atoms with Gasteiger partial charge in [0, 0.05) is 34.6 Å². The lowest BCUT2D eigenvalue weighted by Crippen LogP contribution is -2.24. The van der Waals surface area contributed by atoms with Crippen molar-refractivity contribution in [1.29, 1.82) is 0 Å². The van der Waals surface area contributed by atoms with E-state index < -0.39 is 0 Å². The first kappa shape index (κ1) is 20.1. The minimum absolute atomic E-state index is 0.0394. The summed E-state index contributed by atoms with van der Waals surface area (Å²) in [5.74, 6) is 1.47. The van der Waals surface area contributed by atoms with Gasteiger partial charge in [-0.05, 0) is 88.1 Å². The lowest BCUT2D eigenvalue weighted by atomic mass is 10.1. The summed E-state index contributed by atoms with van der Waals surface area (Å²) >= 11 is 1.71. The standard InChI is InChI=1S/C24H32N4OS/c1-4-6-11-28(5-2)20-13-17(30-27-23(3)9-10-23)12-19-18(20)7-8-21(25-19)26-22(29)24-14-16(24)15-24/h7-8,12-13,16,27H,4-6,9-11,14-15H2,1-3H3,(H,25,26,29). The predicted molar refractivity (Wildman–Crippen MR) is 125 cm³/mol. The van der Waals surface area contributed by atoms with E-state index in [-0.39, 0.29) is 16.9 Å². The Morgan fingerprint density at radius 3 is 2.67 bits per heavy atom. The zero-order valence-corrected chi connectivity index (χ0v) is 19.1. The van der Waals surface area contributed by atoms with Gasteiger partial charge in [-0.15, -0.1) is 0 Å². The van der Waals surface area contributed by atoms with E-state index in [4.69, 9.17) is 4.98 Å². The van der Waals surface area contributed by atoms with Crippen LogP contribution in [0.4, 0.5) is 11.5 Å². The van der Waals surface area contributed by atoms with Crippen LogP contribution in [-0.4, -0.2) is 29.5 Å². The number of pyridine rings is 1. The van der Waals surface area contributed by atoms with Crippen LogP contribution in [0.2, 0.25) is 0 Å². The Bertz CT molecular complexity index is 981. The number of fused-ring (bicyclic) bond motifs is 2. The van der Waals surface area contributed by atoms with Crippen LogP contribution in [0.1, 0.15) is 59.3 Å². The quantitative estimate of drug-likeness (QED) is 0.503. The Kier molecular flexibility index (Phi) is 4.98. The largest absolute Gasteiger partial charge is 0.371 e. The van der Waals surface area contributed by atoms with Gasteiger partial charge in [0.1, 0.15) is 5.82 Å². The number of carbonyl (C=O) groups is 1. The van der Waals surface area contributed by atoms with Crippen molar-refractivity contribution in [3.63, 3.8) is 0 Å². The smallest absolute Gasteiger partial charge is 0.232 e. The van der Waals surface area contributed by atoms with Gasteiger partial charge >= 0.3 is 0 Å². The summed E-state index contributed by atoms with van der Waals surface area (Å²) in [5.41, 5.74) is 2.41. The van der Waals surface area contributed by atoms with Crippen molar-refractivity contribution >= 4 is 40.3 Å². The minimum Gasteiger partial charge on any atom is -0.371 e. The molecule has 5 nitrogen and oxygen atoms in total. The van der Waals surface area contributed by atoms with Gasteiger partial charge in [0.15, 0.2) is 0 Å². The van der Waals surface area contributed by atoms with E-state index in [1.807, 2.05) is 6.07 Å². The van der Waals surface area contributed by atoms with Gasteiger partial charge in [-0.3, -0.25) is 9.52 Å². The number of hydrogen-bond acceptors (Lipinski definition) is 5. The molecule has 0 spiro atoms. The van der Waals surface area contributed by atoms with Gasteiger partial charge in [-0.2, -0.15) is 0 Å². The van der Waals surface area contributed by atoms with Crippen molar-refractivity contribution in [1.82, 2.24) is 9.71 Å². The first-order valence-electron chi connectivity index (χ1n) is 11.4. The van der Waals surface area contributed by atoms with Gasteiger partial charge in [0.2, 0.25) is 5.91 Å². The molecule has 1 aromatic carbocycles. The van der Waals surface area contributed by atoms with Gasteiger partial charge in [0.05, 0.1) is 10.9 Å². The van der Waals surface area contributed by atoms with Crippen LogP contribution in [0.15, 0.2) is 29.2 Å². The molecule has 1 amide bonds. The molecule has 0 radical (unpaired) electrons. The average molecular weight is 425 g/mol. The molecule has 2 aromatic rings. The third-order valence-corrected chi connectivity index (χ3v) is 8.12. The molecule has 0 unspecified atom stereocenters. The molecular weight excluding hydrogens is 392 g/mol. The van der Waals surface area contributed by atoms with E-state index in [0.717, 1.165) is 36.8 Å². The normalized spacial score (nSPS) is 25.0. The van der Waals surface area contributed by atoms with Gasteiger partial charge in [-0.1, -0.05) is 13.3 Å². The summed E-state index contributed by atoms with van der Waals surface area (Å²) in [4.78, 5) is 21.0. The number of benzene rings is 1. The van der Waals surface area contributed by atoms with Crippen molar-refractivity contribution in [2.45, 2.75) is 69.7 Å². The second-order valence-corrected chi connectivity index (χ2v) is 10.5. The Balaban J connectivity index is 1.46. The Morgan fingerprint density at radius 2 is 2.03 bits per heavy atom. The third kappa shape index (κ3) is 3.80. The van der Waals surface area contributed by atoms with Crippen LogP contribution in [0.5, 0.6) is 0 Å². The summed E-state index contributed by atoms with van der Waals surface area (Å²) in [5, 5.41) is 4.23. The fourth-order valence-electron chi connectivity index (χ4n) is 4.16. The van der Waals surface area contributed by atoms with E-state index in [9.17, 15) is 4.79 Å². The second-order valence-electron chi connectivity index (χ2n) is 9.62. The molecule has 1 heterocycles. The van der Waals surface area contributed by atoms with E-state index >= 15 is 0 Å². The molecule has 3 saturated carbocycles. The van der Waals surface area contributed by atoms with E-state index in [2.05, 4.69) is 53.9 Å². The van der Waals surface area contributed by atoms with E-state index in [0.29, 0.717) is 11.7 Å². The van der Waals surface area contributed by atoms with Gasteiger partial charge < -0.3 is 10.2 Å². The topological polar surface area (TPSA) is 57.3 Å². The molecule has 3 aliphatic carbocycles.